The zero-order chi connectivity index (χ0) is 9.47. The van der Waals surface area contributed by atoms with E-state index in [0.717, 1.165) is 6.54 Å². The van der Waals surface area contributed by atoms with E-state index in [1.54, 1.807) is 0 Å². The summed E-state index contributed by atoms with van der Waals surface area (Å²) in [5, 5.41) is 0. The van der Waals surface area contributed by atoms with Crippen LogP contribution in [-0.2, 0) is 0 Å². The largest absolute Gasteiger partial charge is 0.374 e. The summed E-state index contributed by atoms with van der Waals surface area (Å²) in [6.07, 6.45) is 10.7. The molecule has 0 radical (unpaired) electrons. The van der Waals surface area contributed by atoms with E-state index in [1.165, 1.54) is 5.70 Å². The molecular formula is C11H16N2. The lowest BCUT2D eigenvalue weighted by Crippen LogP contribution is -2.47. The van der Waals surface area contributed by atoms with Crippen molar-refractivity contribution < 1.29 is 0 Å². The van der Waals surface area contributed by atoms with Crippen molar-refractivity contribution in [1.82, 2.24) is 4.90 Å². The van der Waals surface area contributed by atoms with Gasteiger partial charge in [0.25, 0.3) is 0 Å². The summed E-state index contributed by atoms with van der Waals surface area (Å²) in [5.41, 5.74) is 7.29. The minimum Gasteiger partial charge on any atom is -0.374 e. The van der Waals surface area contributed by atoms with Gasteiger partial charge in [-0.25, -0.2) is 0 Å². The lowest BCUT2D eigenvalue weighted by Gasteiger charge is -2.40. The van der Waals surface area contributed by atoms with E-state index in [2.05, 4.69) is 49.3 Å². The monoisotopic (exact) mass is 176 g/mol. The van der Waals surface area contributed by atoms with Gasteiger partial charge in [-0.3, -0.25) is 0 Å². The van der Waals surface area contributed by atoms with Crippen LogP contribution in [-0.4, -0.2) is 24.0 Å². The van der Waals surface area contributed by atoms with Gasteiger partial charge in [0.15, 0.2) is 0 Å². The van der Waals surface area contributed by atoms with Crippen LogP contribution >= 0.6 is 0 Å². The van der Waals surface area contributed by atoms with Gasteiger partial charge in [-0.2, -0.15) is 0 Å². The highest BCUT2D eigenvalue weighted by Crippen LogP contribution is 2.32. The number of hydrogen-bond acceptors (Lipinski definition) is 2. The van der Waals surface area contributed by atoms with E-state index in [-0.39, 0.29) is 5.54 Å². The summed E-state index contributed by atoms with van der Waals surface area (Å²) in [6, 6.07) is 0. The Balaban J connectivity index is 2.40. The van der Waals surface area contributed by atoms with E-state index in [0.29, 0.717) is 5.92 Å². The Bertz CT molecular complexity index is 297. The van der Waals surface area contributed by atoms with Crippen molar-refractivity contribution in [3.63, 3.8) is 0 Å². The van der Waals surface area contributed by atoms with Crippen molar-refractivity contribution in [2.45, 2.75) is 12.5 Å². The number of hydrogen-bond donors (Lipinski definition) is 1. The number of nitrogens with zero attached hydrogens (tertiary/aromatic N) is 1. The molecule has 1 aliphatic heterocycles. The standard InChI is InChI=1S/C11H16N2/c1-11(12)7-3-6-10-9(11)5-4-8-13(10)2/h3-7,9H,8,12H2,1-2H3. The Labute approximate surface area is 79.4 Å². The SMILES string of the molecule is CN1CC=CC2C1=CC=CC2(C)N. The number of rotatable bonds is 0. The first-order valence-corrected chi connectivity index (χ1v) is 4.67. The molecule has 2 N–H and O–H groups in total. The number of allylic oxidation sites excluding steroid dienone is 2. The molecule has 2 aliphatic rings. The van der Waals surface area contributed by atoms with Crippen LogP contribution in [0.4, 0.5) is 0 Å². The number of fused-ring (bicyclic) bond motifs is 1. The molecule has 0 fully saturated rings. The topological polar surface area (TPSA) is 29.3 Å². The molecule has 2 atom stereocenters. The van der Waals surface area contributed by atoms with E-state index < -0.39 is 0 Å². The molecular weight excluding hydrogens is 160 g/mol. The van der Waals surface area contributed by atoms with Crippen LogP contribution in [0.3, 0.4) is 0 Å². The molecule has 13 heavy (non-hydrogen) atoms. The van der Waals surface area contributed by atoms with Gasteiger partial charge in [0.1, 0.15) is 0 Å². The number of nitrogens with two attached hydrogens (primary N) is 1. The molecule has 0 aromatic carbocycles. The summed E-state index contributed by atoms with van der Waals surface area (Å²) < 4.78 is 0. The summed E-state index contributed by atoms with van der Waals surface area (Å²) in [7, 11) is 2.11. The predicted octanol–water partition coefficient (Wildman–Crippen LogP) is 1.28. The summed E-state index contributed by atoms with van der Waals surface area (Å²) in [4.78, 5) is 2.25. The second-order valence-corrected chi connectivity index (χ2v) is 4.10. The molecule has 2 unspecified atom stereocenters. The third-order valence-electron chi connectivity index (χ3n) is 2.86. The van der Waals surface area contributed by atoms with Crippen molar-refractivity contribution in [2.24, 2.45) is 11.7 Å². The van der Waals surface area contributed by atoms with Crippen LogP contribution in [0.15, 0.2) is 36.1 Å². The van der Waals surface area contributed by atoms with Gasteiger partial charge < -0.3 is 10.6 Å². The second-order valence-electron chi connectivity index (χ2n) is 4.10. The maximum absolute atomic E-state index is 6.19. The zero-order valence-corrected chi connectivity index (χ0v) is 8.20. The van der Waals surface area contributed by atoms with E-state index in [1.807, 2.05) is 0 Å². The van der Waals surface area contributed by atoms with Crippen LogP contribution in [0.25, 0.3) is 0 Å². The van der Waals surface area contributed by atoms with E-state index in [4.69, 9.17) is 5.73 Å². The normalized spacial score (nSPS) is 37.3. The number of likely N-dealkylation sites (N-methyl/N-ethyl adjacent to an activating group) is 1. The fourth-order valence-electron chi connectivity index (χ4n) is 2.01. The molecule has 0 saturated heterocycles. The van der Waals surface area contributed by atoms with Crippen LogP contribution in [0.5, 0.6) is 0 Å². The van der Waals surface area contributed by atoms with Crippen LogP contribution < -0.4 is 5.73 Å². The fourth-order valence-corrected chi connectivity index (χ4v) is 2.01. The van der Waals surface area contributed by atoms with Crippen molar-refractivity contribution in [3.05, 3.63) is 36.1 Å². The first-order chi connectivity index (χ1) is 6.11. The Morgan fingerprint density at radius 3 is 3.08 bits per heavy atom. The van der Waals surface area contributed by atoms with Crippen molar-refractivity contribution in [1.29, 1.82) is 0 Å². The van der Waals surface area contributed by atoms with Crippen LogP contribution in [0.2, 0.25) is 0 Å². The molecule has 0 aromatic heterocycles. The second kappa shape index (κ2) is 2.74. The molecule has 0 aromatic rings. The average molecular weight is 176 g/mol. The zero-order valence-electron chi connectivity index (χ0n) is 8.20. The van der Waals surface area contributed by atoms with Gasteiger partial charge in [-0.15, -0.1) is 0 Å². The molecule has 1 aliphatic carbocycles. The van der Waals surface area contributed by atoms with Crippen molar-refractivity contribution in [3.8, 4) is 0 Å². The minimum atomic E-state index is -0.227. The van der Waals surface area contributed by atoms with Crippen LogP contribution in [0, 0.1) is 5.92 Å². The van der Waals surface area contributed by atoms with E-state index >= 15 is 0 Å². The first-order valence-electron chi connectivity index (χ1n) is 4.67. The van der Waals surface area contributed by atoms with Gasteiger partial charge in [-0.1, -0.05) is 24.3 Å². The van der Waals surface area contributed by atoms with Gasteiger partial charge in [0, 0.05) is 30.7 Å². The third-order valence-corrected chi connectivity index (χ3v) is 2.86. The quantitative estimate of drug-likeness (QED) is 0.563. The van der Waals surface area contributed by atoms with Crippen molar-refractivity contribution >= 4 is 0 Å². The first kappa shape index (κ1) is 8.57. The molecule has 1 heterocycles. The fraction of sp³-hybridized carbons (Fsp3) is 0.455. The van der Waals surface area contributed by atoms with E-state index in [9.17, 15) is 0 Å². The molecule has 70 valence electrons. The summed E-state index contributed by atoms with van der Waals surface area (Å²) in [5.74, 6) is 0.344. The third kappa shape index (κ3) is 1.31. The molecule has 2 rings (SSSR count). The molecule has 0 amide bonds. The van der Waals surface area contributed by atoms with Gasteiger partial charge in [0.2, 0.25) is 0 Å². The Hall–Kier alpha value is -1.02. The molecule has 2 nitrogen and oxygen atoms in total. The maximum Gasteiger partial charge on any atom is 0.0432 e. The lowest BCUT2D eigenvalue weighted by molar-refractivity contribution is 0.335. The highest BCUT2D eigenvalue weighted by Gasteiger charge is 2.33. The molecule has 0 spiro atoms. The minimum absolute atomic E-state index is 0.227. The Kier molecular flexibility index (Phi) is 1.81. The van der Waals surface area contributed by atoms with Crippen molar-refractivity contribution in [2.75, 3.05) is 13.6 Å². The smallest absolute Gasteiger partial charge is 0.0432 e. The molecule has 0 bridgehead atoms. The Morgan fingerprint density at radius 1 is 1.62 bits per heavy atom. The highest BCUT2D eigenvalue weighted by molar-refractivity contribution is 5.34. The summed E-state index contributed by atoms with van der Waals surface area (Å²) >= 11 is 0. The molecule has 0 saturated carbocycles. The average Bonchev–Trinajstić information content (AvgIpc) is 2.06. The van der Waals surface area contributed by atoms with Gasteiger partial charge in [-0.05, 0) is 13.0 Å². The van der Waals surface area contributed by atoms with Gasteiger partial charge >= 0.3 is 0 Å². The summed E-state index contributed by atoms with van der Waals surface area (Å²) in [6.45, 7) is 3.07. The van der Waals surface area contributed by atoms with Gasteiger partial charge in [0.05, 0.1) is 0 Å². The Morgan fingerprint density at radius 2 is 2.38 bits per heavy atom. The lowest BCUT2D eigenvalue weighted by atomic mass is 9.79. The highest BCUT2D eigenvalue weighted by atomic mass is 15.1. The maximum atomic E-state index is 6.19. The van der Waals surface area contributed by atoms with Crippen LogP contribution in [0.1, 0.15) is 6.92 Å². The predicted molar refractivity (Wildman–Crippen MR) is 55.1 cm³/mol. The molecule has 2 heteroatoms.